The first-order chi connectivity index (χ1) is 7.54. The quantitative estimate of drug-likeness (QED) is 0.590. The maximum atomic E-state index is 11.1. The fourth-order valence-corrected chi connectivity index (χ4v) is 1.72. The minimum absolute atomic E-state index is 0.0237. The molecule has 82 valence electrons. The van der Waals surface area contributed by atoms with Crippen molar-refractivity contribution < 1.29 is 9.52 Å². The van der Waals surface area contributed by atoms with Crippen molar-refractivity contribution in [1.29, 1.82) is 0 Å². The van der Waals surface area contributed by atoms with Gasteiger partial charge in [-0.15, -0.1) is 4.91 Å². The van der Waals surface area contributed by atoms with E-state index in [0.29, 0.717) is 16.5 Å². The molecule has 0 saturated carbocycles. The first-order valence-electron chi connectivity index (χ1n) is 4.65. The van der Waals surface area contributed by atoms with Gasteiger partial charge in [0.25, 0.3) is 0 Å². The normalized spacial score (nSPS) is 10.6. The Labute approximate surface area is 90.3 Å². The summed E-state index contributed by atoms with van der Waals surface area (Å²) in [6.45, 7) is 3.26. The Balaban J connectivity index is 3.04. The Hall–Kier alpha value is -2.17. The standard InChI is InChI=1S/C11H9NO4/c1-5-4-8(13)16-7-3-6(2)10(12-15)11(14)9(5)7/h3-4,14H,1-2H3. The second-order valence-corrected chi connectivity index (χ2v) is 3.60. The van der Waals surface area contributed by atoms with E-state index in [-0.39, 0.29) is 17.0 Å². The Kier molecular flexibility index (Phi) is 2.23. The SMILES string of the molecule is Cc1cc2oc(=O)cc(C)c2c(O)c1N=O. The van der Waals surface area contributed by atoms with Crippen LogP contribution in [0.25, 0.3) is 11.0 Å². The van der Waals surface area contributed by atoms with Crippen LogP contribution >= 0.6 is 0 Å². The zero-order valence-corrected chi connectivity index (χ0v) is 8.77. The highest BCUT2D eigenvalue weighted by Crippen LogP contribution is 2.38. The molecule has 0 spiro atoms. The highest BCUT2D eigenvalue weighted by atomic mass is 16.4. The number of aryl methyl sites for hydroxylation is 2. The van der Waals surface area contributed by atoms with Crippen molar-refractivity contribution in [3.8, 4) is 5.75 Å². The van der Waals surface area contributed by atoms with Gasteiger partial charge in [0.15, 0.2) is 11.4 Å². The molecule has 0 aliphatic carbocycles. The highest BCUT2D eigenvalue weighted by Gasteiger charge is 2.14. The van der Waals surface area contributed by atoms with Crippen molar-refractivity contribution >= 4 is 16.7 Å². The smallest absolute Gasteiger partial charge is 0.336 e. The molecule has 16 heavy (non-hydrogen) atoms. The summed E-state index contributed by atoms with van der Waals surface area (Å²) in [5.41, 5.74) is 0.759. The molecule has 0 bridgehead atoms. The largest absolute Gasteiger partial charge is 0.505 e. The van der Waals surface area contributed by atoms with Gasteiger partial charge in [0.05, 0.1) is 5.39 Å². The summed E-state index contributed by atoms with van der Waals surface area (Å²) < 4.78 is 4.94. The molecule has 0 unspecified atom stereocenters. The van der Waals surface area contributed by atoms with E-state index in [9.17, 15) is 14.8 Å². The van der Waals surface area contributed by atoms with E-state index in [0.717, 1.165) is 0 Å². The van der Waals surface area contributed by atoms with Crippen molar-refractivity contribution in [2.45, 2.75) is 13.8 Å². The van der Waals surface area contributed by atoms with E-state index in [1.807, 2.05) is 0 Å². The van der Waals surface area contributed by atoms with Crippen LogP contribution in [0.15, 0.2) is 26.5 Å². The summed E-state index contributed by atoms with van der Waals surface area (Å²) in [5.74, 6) is -0.244. The number of hydrogen-bond donors (Lipinski definition) is 1. The molecule has 0 aliphatic rings. The number of aromatic hydroxyl groups is 1. The van der Waals surface area contributed by atoms with Crippen LogP contribution in [0.3, 0.4) is 0 Å². The lowest BCUT2D eigenvalue weighted by Gasteiger charge is -2.06. The van der Waals surface area contributed by atoms with Gasteiger partial charge in [0, 0.05) is 6.07 Å². The van der Waals surface area contributed by atoms with Crippen molar-refractivity contribution in [2.24, 2.45) is 5.18 Å². The molecular weight excluding hydrogens is 210 g/mol. The summed E-state index contributed by atoms with van der Waals surface area (Å²) in [5, 5.41) is 13.0. The lowest BCUT2D eigenvalue weighted by atomic mass is 10.1. The van der Waals surface area contributed by atoms with Crippen LogP contribution in [0.2, 0.25) is 0 Å². The second kappa shape index (κ2) is 3.44. The fraction of sp³-hybridized carbons (Fsp3) is 0.182. The van der Waals surface area contributed by atoms with Gasteiger partial charge in [0.2, 0.25) is 0 Å². The summed E-state index contributed by atoms with van der Waals surface area (Å²) in [6, 6.07) is 2.77. The van der Waals surface area contributed by atoms with Crippen LogP contribution in [0.4, 0.5) is 5.69 Å². The molecule has 0 radical (unpaired) electrons. The number of phenols is 1. The van der Waals surface area contributed by atoms with Gasteiger partial charge in [-0.1, -0.05) is 0 Å². The molecule has 0 aliphatic heterocycles. The topological polar surface area (TPSA) is 79.9 Å². The third kappa shape index (κ3) is 1.37. The van der Waals surface area contributed by atoms with Gasteiger partial charge in [-0.05, 0) is 36.2 Å². The first kappa shape index (κ1) is 10.4. The number of rotatable bonds is 1. The molecule has 0 atom stereocenters. The second-order valence-electron chi connectivity index (χ2n) is 3.60. The van der Waals surface area contributed by atoms with E-state index in [4.69, 9.17) is 4.42 Å². The summed E-state index contributed by atoms with van der Waals surface area (Å²) in [7, 11) is 0. The molecule has 0 fully saturated rings. The molecule has 2 aromatic rings. The molecule has 5 heteroatoms. The molecule has 1 aromatic heterocycles. The molecule has 1 heterocycles. The maximum absolute atomic E-state index is 11.1. The van der Waals surface area contributed by atoms with Gasteiger partial charge in [-0.2, -0.15) is 0 Å². The zero-order chi connectivity index (χ0) is 11.9. The number of hydrogen-bond acceptors (Lipinski definition) is 5. The number of nitrogens with zero attached hydrogens (tertiary/aromatic N) is 1. The van der Waals surface area contributed by atoms with Crippen molar-refractivity contribution in [1.82, 2.24) is 0 Å². The summed E-state index contributed by atoms with van der Waals surface area (Å²) in [4.78, 5) is 21.7. The monoisotopic (exact) mass is 219 g/mol. The van der Waals surface area contributed by atoms with Crippen LogP contribution < -0.4 is 5.63 Å². The van der Waals surface area contributed by atoms with Gasteiger partial charge in [-0.25, -0.2) is 4.79 Å². The molecular formula is C11H9NO4. The number of nitroso groups, excluding NO2 is 1. The molecule has 1 aromatic carbocycles. The van der Waals surface area contributed by atoms with Crippen LogP contribution in [-0.2, 0) is 0 Å². The van der Waals surface area contributed by atoms with Gasteiger partial charge in [0.1, 0.15) is 5.58 Å². The molecule has 0 amide bonds. The van der Waals surface area contributed by atoms with Crippen molar-refractivity contribution in [2.75, 3.05) is 0 Å². The van der Waals surface area contributed by atoms with Crippen LogP contribution in [-0.4, -0.2) is 5.11 Å². The van der Waals surface area contributed by atoms with Gasteiger partial charge >= 0.3 is 5.63 Å². The molecule has 5 nitrogen and oxygen atoms in total. The Bertz CT molecular complexity index is 642. The van der Waals surface area contributed by atoms with Crippen molar-refractivity contribution in [3.63, 3.8) is 0 Å². The Morgan fingerprint density at radius 1 is 1.25 bits per heavy atom. The van der Waals surface area contributed by atoms with Crippen LogP contribution in [0.5, 0.6) is 5.75 Å². The minimum atomic E-state index is -0.490. The third-order valence-electron chi connectivity index (χ3n) is 2.46. The number of fused-ring (bicyclic) bond motifs is 1. The van der Waals surface area contributed by atoms with E-state index in [2.05, 4.69) is 5.18 Å². The Morgan fingerprint density at radius 2 is 1.94 bits per heavy atom. The van der Waals surface area contributed by atoms with Crippen LogP contribution in [0.1, 0.15) is 11.1 Å². The maximum Gasteiger partial charge on any atom is 0.336 e. The van der Waals surface area contributed by atoms with Gasteiger partial charge in [-0.3, -0.25) is 0 Å². The van der Waals surface area contributed by atoms with Crippen molar-refractivity contribution in [3.05, 3.63) is 38.6 Å². The van der Waals surface area contributed by atoms with E-state index >= 15 is 0 Å². The van der Waals surface area contributed by atoms with E-state index in [1.165, 1.54) is 12.1 Å². The number of phenolic OH excluding ortho intramolecular Hbond substituents is 1. The summed E-state index contributed by atoms with van der Waals surface area (Å²) in [6.07, 6.45) is 0. The summed E-state index contributed by atoms with van der Waals surface area (Å²) >= 11 is 0. The molecule has 2 rings (SSSR count). The van der Waals surface area contributed by atoms with Crippen LogP contribution in [0, 0.1) is 18.8 Å². The molecule has 0 saturated heterocycles. The fourth-order valence-electron chi connectivity index (χ4n) is 1.72. The zero-order valence-electron chi connectivity index (χ0n) is 8.77. The lowest BCUT2D eigenvalue weighted by Crippen LogP contribution is -1.98. The van der Waals surface area contributed by atoms with E-state index in [1.54, 1.807) is 13.8 Å². The third-order valence-corrected chi connectivity index (χ3v) is 2.46. The lowest BCUT2D eigenvalue weighted by molar-refractivity contribution is 0.479. The molecule has 1 N–H and O–H groups in total. The minimum Gasteiger partial charge on any atom is -0.505 e. The predicted molar refractivity (Wildman–Crippen MR) is 59.1 cm³/mol. The average Bonchev–Trinajstić information content (AvgIpc) is 2.15. The first-order valence-corrected chi connectivity index (χ1v) is 4.65. The van der Waals surface area contributed by atoms with Gasteiger partial charge < -0.3 is 9.52 Å². The Morgan fingerprint density at radius 3 is 2.56 bits per heavy atom. The highest BCUT2D eigenvalue weighted by molar-refractivity contribution is 5.92. The number of benzene rings is 1. The predicted octanol–water partition coefficient (Wildman–Crippen LogP) is 2.51. The van der Waals surface area contributed by atoms with E-state index < -0.39 is 5.63 Å². The average molecular weight is 219 g/mol.